The first-order valence-corrected chi connectivity index (χ1v) is 11.3. The standard InChI is InChI=1S/C20H16ClN3O3S2/c1-13-7-9-14(10-8-13)24(2)29(25,26)17-11-12-28-18(17)20-22-19(23-27-20)15-5-3-4-6-16(15)21/h3-12H,1-2H3. The molecule has 0 aliphatic rings. The predicted molar refractivity (Wildman–Crippen MR) is 115 cm³/mol. The minimum absolute atomic E-state index is 0.111. The van der Waals surface area contributed by atoms with Gasteiger partial charge in [-0.25, -0.2) is 8.42 Å². The maximum absolute atomic E-state index is 13.2. The number of rotatable bonds is 5. The van der Waals surface area contributed by atoms with Crippen LogP contribution in [0, 0.1) is 6.92 Å². The molecule has 0 amide bonds. The molecule has 2 heterocycles. The van der Waals surface area contributed by atoms with Crippen LogP contribution in [0.3, 0.4) is 0 Å². The molecule has 2 aromatic heterocycles. The molecule has 148 valence electrons. The third-order valence-electron chi connectivity index (χ3n) is 4.40. The number of hydrogen-bond acceptors (Lipinski definition) is 6. The van der Waals surface area contributed by atoms with Crippen LogP contribution in [0.1, 0.15) is 5.56 Å². The highest BCUT2D eigenvalue weighted by Crippen LogP contribution is 2.36. The monoisotopic (exact) mass is 445 g/mol. The average Bonchev–Trinajstić information content (AvgIpc) is 3.38. The Hall–Kier alpha value is -2.68. The third kappa shape index (κ3) is 3.66. The molecule has 0 aliphatic heterocycles. The molecular weight excluding hydrogens is 430 g/mol. The minimum atomic E-state index is -3.81. The van der Waals surface area contributed by atoms with Gasteiger partial charge in [-0.15, -0.1) is 11.3 Å². The molecule has 0 atom stereocenters. The van der Waals surface area contributed by atoms with Gasteiger partial charge >= 0.3 is 0 Å². The summed E-state index contributed by atoms with van der Waals surface area (Å²) in [4.78, 5) is 4.86. The van der Waals surface area contributed by atoms with Gasteiger partial charge in [-0.2, -0.15) is 4.98 Å². The number of nitrogens with zero attached hydrogens (tertiary/aromatic N) is 3. The molecule has 0 N–H and O–H groups in total. The molecule has 0 saturated heterocycles. The van der Waals surface area contributed by atoms with E-state index >= 15 is 0 Å². The Labute approximate surface area is 177 Å². The van der Waals surface area contributed by atoms with E-state index in [1.807, 2.05) is 25.1 Å². The van der Waals surface area contributed by atoms with Gasteiger partial charge in [-0.05, 0) is 42.6 Å². The van der Waals surface area contributed by atoms with Gasteiger partial charge < -0.3 is 4.52 Å². The zero-order chi connectivity index (χ0) is 20.6. The summed E-state index contributed by atoms with van der Waals surface area (Å²) >= 11 is 7.42. The van der Waals surface area contributed by atoms with Crippen LogP contribution in [0.25, 0.3) is 22.2 Å². The highest BCUT2D eigenvalue weighted by atomic mass is 35.5. The van der Waals surface area contributed by atoms with Crippen LogP contribution in [0.5, 0.6) is 0 Å². The molecule has 29 heavy (non-hydrogen) atoms. The smallest absolute Gasteiger partial charge is 0.269 e. The second-order valence-electron chi connectivity index (χ2n) is 6.33. The summed E-state index contributed by atoms with van der Waals surface area (Å²) in [5, 5.41) is 6.14. The lowest BCUT2D eigenvalue weighted by Crippen LogP contribution is -2.26. The maximum Gasteiger partial charge on any atom is 0.269 e. The van der Waals surface area contributed by atoms with Gasteiger partial charge in [0.25, 0.3) is 15.9 Å². The highest BCUT2D eigenvalue weighted by Gasteiger charge is 2.28. The van der Waals surface area contributed by atoms with E-state index in [0.717, 1.165) is 5.56 Å². The number of benzene rings is 2. The quantitative estimate of drug-likeness (QED) is 0.419. The van der Waals surface area contributed by atoms with Crippen molar-refractivity contribution in [2.45, 2.75) is 11.8 Å². The van der Waals surface area contributed by atoms with E-state index in [1.165, 1.54) is 22.7 Å². The summed E-state index contributed by atoms with van der Waals surface area (Å²) in [7, 11) is -2.30. The van der Waals surface area contributed by atoms with Crippen LogP contribution in [0.15, 0.2) is 69.4 Å². The van der Waals surface area contributed by atoms with Crippen LogP contribution in [0.2, 0.25) is 5.02 Å². The average molecular weight is 446 g/mol. The summed E-state index contributed by atoms with van der Waals surface area (Å²) in [5.74, 6) is 0.431. The minimum Gasteiger partial charge on any atom is -0.333 e. The predicted octanol–water partition coefficient (Wildman–Crippen LogP) is 5.25. The molecule has 2 aromatic carbocycles. The van der Waals surface area contributed by atoms with E-state index in [-0.39, 0.29) is 10.8 Å². The molecule has 0 unspecified atom stereocenters. The molecule has 9 heteroatoms. The summed E-state index contributed by atoms with van der Waals surface area (Å²) in [6.45, 7) is 1.95. The van der Waals surface area contributed by atoms with E-state index in [1.54, 1.807) is 41.8 Å². The molecule has 0 bridgehead atoms. The van der Waals surface area contributed by atoms with Gasteiger partial charge in [0.05, 0.1) is 10.7 Å². The molecule has 4 rings (SSSR count). The first-order chi connectivity index (χ1) is 13.9. The van der Waals surface area contributed by atoms with Crippen molar-refractivity contribution in [3.05, 3.63) is 70.6 Å². The Morgan fingerprint density at radius 2 is 1.79 bits per heavy atom. The fraction of sp³-hybridized carbons (Fsp3) is 0.100. The third-order valence-corrected chi connectivity index (χ3v) is 7.59. The van der Waals surface area contributed by atoms with Crippen molar-refractivity contribution in [1.82, 2.24) is 10.1 Å². The van der Waals surface area contributed by atoms with Crippen molar-refractivity contribution in [2.24, 2.45) is 0 Å². The Bertz CT molecular complexity index is 1260. The van der Waals surface area contributed by atoms with Gasteiger partial charge in [0.15, 0.2) is 0 Å². The van der Waals surface area contributed by atoms with E-state index in [9.17, 15) is 8.42 Å². The maximum atomic E-state index is 13.2. The molecule has 6 nitrogen and oxygen atoms in total. The molecule has 0 radical (unpaired) electrons. The topological polar surface area (TPSA) is 76.3 Å². The van der Waals surface area contributed by atoms with Crippen molar-refractivity contribution in [3.8, 4) is 22.2 Å². The van der Waals surface area contributed by atoms with E-state index in [0.29, 0.717) is 27.0 Å². The number of anilines is 1. The number of sulfonamides is 1. The molecule has 0 saturated carbocycles. The van der Waals surface area contributed by atoms with Gasteiger partial charge in [-0.3, -0.25) is 4.31 Å². The lowest BCUT2D eigenvalue weighted by molar-refractivity contribution is 0.432. The zero-order valence-corrected chi connectivity index (χ0v) is 17.9. The van der Waals surface area contributed by atoms with Gasteiger partial charge in [0.1, 0.15) is 9.77 Å². The fourth-order valence-corrected chi connectivity index (χ4v) is 5.50. The second kappa shape index (κ2) is 7.62. The summed E-state index contributed by atoms with van der Waals surface area (Å²) < 4.78 is 33.1. The number of hydrogen-bond donors (Lipinski definition) is 0. The van der Waals surface area contributed by atoms with Gasteiger partial charge in [-0.1, -0.05) is 46.6 Å². The van der Waals surface area contributed by atoms with Crippen LogP contribution >= 0.6 is 22.9 Å². The SMILES string of the molecule is Cc1ccc(N(C)S(=O)(=O)c2ccsc2-c2nc(-c3ccccc3Cl)no2)cc1. The fourth-order valence-electron chi connectivity index (χ4n) is 2.77. The Morgan fingerprint density at radius 3 is 2.52 bits per heavy atom. The lowest BCUT2D eigenvalue weighted by Gasteiger charge is -2.19. The van der Waals surface area contributed by atoms with E-state index in [2.05, 4.69) is 10.1 Å². The molecule has 0 aliphatic carbocycles. The van der Waals surface area contributed by atoms with Crippen molar-refractivity contribution in [2.75, 3.05) is 11.4 Å². The number of halogens is 1. The van der Waals surface area contributed by atoms with Crippen LogP contribution in [-0.4, -0.2) is 25.6 Å². The second-order valence-corrected chi connectivity index (χ2v) is 9.59. The normalized spacial score (nSPS) is 11.6. The van der Waals surface area contributed by atoms with Crippen molar-refractivity contribution >= 4 is 38.6 Å². The van der Waals surface area contributed by atoms with Gasteiger partial charge in [0, 0.05) is 12.6 Å². The lowest BCUT2D eigenvalue weighted by atomic mass is 10.2. The van der Waals surface area contributed by atoms with Crippen molar-refractivity contribution < 1.29 is 12.9 Å². The molecule has 4 aromatic rings. The Balaban J connectivity index is 1.72. The first-order valence-electron chi connectivity index (χ1n) is 8.60. The largest absolute Gasteiger partial charge is 0.333 e. The summed E-state index contributed by atoms with van der Waals surface area (Å²) in [6.07, 6.45) is 0. The highest BCUT2D eigenvalue weighted by molar-refractivity contribution is 7.93. The van der Waals surface area contributed by atoms with E-state index in [4.69, 9.17) is 16.1 Å². The Morgan fingerprint density at radius 1 is 1.07 bits per heavy atom. The number of thiophene rings is 1. The summed E-state index contributed by atoms with van der Waals surface area (Å²) in [5.41, 5.74) is 2.23. The number of aryl methyl sites for hydroxylation is 1. The number of aromatic nitrogens is 2. The van der Waals surface area contributed by atoms with Crippen molar-refractivity contribution in [3.63, 3.8) is 0 Å². The van der Waals surface area contributed by atoms with Crippen LogP contribution in [-0.2, 0) is 10.0 Å². The molecular formula is C20H16ClN3O3S2. The first kappa shape index (κ1) is 19.6. The molecule has 0 fully saturated rings. The van der Waals surface area contributed by atoms with Crippen molar-refractivity contribution in [1.29, 1.82) is 0 Å². The van der Waals surface area contributed by atoms with Crippen LogP contribution < -0.4 is 4.31 Å². The Kier molecular flexibility index (Phi) is 5.16. The van der Waals surface area contributed by atoms with Gasteiger partial charge in [0.2, 0.25) is 5.82 Å². The molecule has 0 spiro atoms. The zero-order valence-electron chi connectivity index (χ0n) is 15.5. The summed E-state index contributed by atoms with van der Waals surface area (Å²) in [6, 6.07) is 15.9. The van der Waals surface area contributed by atoms with E-state index < -0.39 is 10.0 Å². The van der Waals surface area contributed by atoms with Crippen LogP contribution in [0.4, 0.5) is 5.69 Å².